The van der Waals surface area contributed by atoms with E-state index in [1.54, 1.807) is 0 Å². The monoisotopic (exact) mass is 266 g/mol. The van der Waals surface area contributed by atoms with Crippen molar-refractivity contribution >= 4 is 32.6 Å². The summed E-state index contributed by atoms with van der Waals surface area (Å²) < 4.78 is 35.5. The Morgan fingerprint density at radius 1 is 1.75 bits per heavy atom. The van der Waals surface area contributed by atoms with E-state index in [-0.39, 0.29) is 17.4 Å². The minimum atomic E-state index is -4.61. The molecule has 0 radical (unpaired) electrons. The van der Waals surface area contributed by atoms with Crippen molar-refractivity contribution in [3.63, 3.8) is 0 Å². The molecule has 1 heterocycles. The first-order chi connectivity index (χ1) is 7.36. The first-order valence-corrected chi connectivity index (χ1v) is 6.58. The van der Waals surface area contributed by atoms with Crippen LogP contribution in [0, 0.1) is 0 Å². The molecule has 1 unspecified atom stereocenters. The normalized spacial score (nSPS) is 13.4. The van der Waals surface area contributed by atoms with Gasteiger partial charge in [0.1, 0.15) is 0 Å². The Morgan fingerprint density at radius 3 is 2.75 bits per heavy atom. The second-order valence-electron chi connectivity index (χ2n) is 2.76. The fourth-order valence-corrected chi connectivity index (χ4v) is 2.45. The number of anilines is 1. The summed E-state index contributed by atoms with van der Waals surface area (Å²) in [4.78, 5) is 15.0. The molecule has 0 aliphatic heterocycles. The van der Waals surface area contributed by atoms with Crippen LogP contribution in [0.2, 0.25) is 0 Å². The predicted octanol–water partition coefficient (Wildman–Crippen LogP) is 0.217. The van der Waals surface area contributed by atoms with Gasteiger partial charge in [-0.2, -0.15) is 8.42 Å². The highest BCUT2D eigenvalue weighted by Crippen LogP contribution is 2.25. The van der Waals surface area contributed by atoms with Crippen molar-refractivity contribution in [3.8, 4) is 0 Å². The number of rotatable bonds is 4. The van der Waals surface area contributed by atoms with E-state index in [1.807, 2.05) is 0 Å². The van der Waals surface area contributed by atoms with Gasteiger partial charge in [-0.3, -0.25) is 9.35 Å². The summed E-state index contributed by atoms with van der Waals surface area (Å²) in [7, 11) is -4.61. The summed E-state index contributed by atoms with van der Waals surface area (Å²) in [6.45, 7) is 1.53. The molecule has 1 atom stereocenters. The molecule has 0 spiro atoms. The lowest BCUT2D eigenvalue weighted by atomic mass is 10.3. The molecular formula is C7H10N2O5S2. The van der Waals surface area contributed by atoms with Crippen LogP contribution in [0.25, 0.3) is 0 Å². The van der Waals surface area contributed by atoms with Crippen LogP contribution in [-0.4, -0.2) is 30.5 Å². The maximum atomic E-state index is 11.4. The van der Waals surface area contributed by atoms with Crippen molar-refractivity contribution in [3.05, 3.63) is 11.1 Å². The summed E-state index contributed by atoms with van der Waals surface area (Å²) in [6.07, 6.45) is 0. The van der Waals surface area contributed by atoms with Crippen LogP contribution in [0.5, 0.6) is 0 Å². The van der Waals surface area contributed by atoms with Gasteiger partial charge in [-0.1, -0.05) is 0 Å². The molecule has 3 N–H and O–H groups in total. The zero-order chi connectivity index (χ0) is 12.3. The van der Waals surface area contributed by atoms with Gasteiger partial charge in [-0.05, 0) is 6.92 Å². The van der Waals surface area contributed by atoms with Gasteiger partial charge in [0.2, 0.25) is 5.25 Å². The molecule has 7 nitrogen and oxygen atoms in total. The molecule has 0 saturated heterocycles. The number of hydrogen-bond donors (Lipinski definition) is 2. The zero-order valence-electron chi connectivity index (χ0n) is 8.28. The molecular weight excluding hydrogens is 256 g/mol. The minimum Gasteiger partial charge on any atom is -0.465 e. The summed E-state index contributed by atoms with van der Waals surface area (Å²) >= 11 is 0.968. The van der Waals surface area contributed by atoms with Crippen molar-refractivity contribution in [1.82, 2.24) is 4.98 Å². The number of hydrogen-bond acceptors (Lipinski definition) is 7. The number of nitrogens with zero attached hydrogens (tertiary/aromatic N) is 1. The van der Waals surface area contributed by atoms with Gasteiger partial charge in [-0.15, -0.1) is 11.3 Å². The van der Waals surface area contributed by atoms with Gasteiger partial charge in [0, 0.05) is 5.38 Å². The lowest BCUT2D eigenvalue weighted by molar-refractivity contribution is -0.142. The molecule has 9 heteroatoms. The number of esters is 1. The van der Waals surface area contributed by atoms with E-state index in [2.05, 4.69) is 9.72 Å². The molecule has 0 saturated carbocycles. The Bertz CT molecular complexity index is 481. The highest BCUT2D eigenvalue weighted by molar-refractivity contribution is 7.86. The Morgan fingerprint density at radius 2 is 2.38 bits per heavy atom. The van der Waals surface area contributed by atoms with E-state index in [4.69, 9.17) is 10.3 Å². The maximum Gasteiger partial charge on any atom is 0.333 e. The Hall–Kier alpha value is -1.19. The molecule has 90 valence electrons. The van der Waals surface area contributed by atoms with Crippen molar-refractivity contribution in [2.75, 3.05) is 12.3 Å². The fourth-order valence-electron chi connectivity index (χ4n) is 1.03. The lowest BCUT2D eigenvalue weighted by Gasteiger charge is -2.09. The van der Waals surface area contributed by atoms with E-state index in [0.29, 0.717) is 0 Å². The molecule has 0 bridgehead atoms. The largest absolute Gasteiger partial charge is 0.465 e. The molecule has 0 fully saturated rings. The van der Waals surface area contributed by atoms with Crippen LogP contribution in [0.4, 0.5) is 5.13 Å². The third-order valence-corrected chi connectivity index (χ3v) is 3.33. The van der Waals surface area contributed by atoms with Gasteiger partial charge in [0.25, 0.3) is 10.1 Å². The van der Waals surface area contributed by atoms with Gasteiger partial charge in [-0.25, -0.2) is 4.98 Å². The molecule has 0 aliphatic carbocycles. The van der Waals surface area contributed by atoms with Crippen LogP contribution in [0.1, 0.15) is 17.9 Å². The third kappa shape index (κ3) is 2.90. The number of thiazole rings is 1. The van der Waals surface area contributed by atoms with E-state index >= 15 is 0 Å². The van der Waals surface area contributed by atoms with E-state index in [1.165, 1.54) is 12.3 Å². The number of nitrogen functional groups attached to an aromatic ring is 1. The van der Waals surface area contributed by atoms with Gasteiger partial charge in [0.05, 0.1) is 12.3 Å². The van der Waals surface area contributed by atoms with Gasteiger partial charge >= 0.3 is 5.97 Å². The quantitative estimate of drug-likeness (QED) is 0.590. The number of nitrogens with two attached hydrogens (primary N) is 1. The van der Waals surface area contributed by atoms with Gasteiger partial charge in [0.15, 0.2) is 5.13 Å². The fraction of sp³-hybridized carbons (Fsp3) is 0.429. The van der Waals surface area contributed by atoms with Gasteiger partial charge < -0.3 is 10.5 Å². The van der Waals surface area contributed by atoms with Crippen LogP contribution in [0.15, 0.2) is 5.38 Å². The maximum absolute atomic E-state index is 11.4. The first kappa shape index (κ1) is 12.9. The molecule has 1 rings (SSSR count). The van der Waals surface area contributed by atoms with Crippen LogP contribution in [0.3, 0.4) is 0 Å². The predicted molar refractivity (Wildman–Crippen MR) is 57.4 cm³/mol. The minimum absolute atomic E-state index is 0.00444. The number of ether oxygens (including phenoxy) is 1. The average molecular weight is 266 g/mol. The van der Waals surface area contributed by atoms with E-state index in [9.17, 15) is 13.2 Å². The highest BCUT2D eigenvalue weighted by Gasteiger charge is 2.36. The number of aromatic nitrogens is 1. The summed E-state index contributed by atoms with van der Waals surface area (Å²) in [5.74, 6) is -1.07. The van der Waals surface area contributed by atoms with E-state index < -0.39 is 21.3 Å². The highest BCUT2D eigenvalue weighted by atomic mass is 32.2. The average Bonchev–Trinajstić information content (AvgIpc) is 2.49. The lowest BCUT2D eigenvalue weighted by Crippen LogP contribution is -2.24. The summed E-state index contributed by atoms with van der Waals surface area (Å²) in [5.41, 5.74) is 5.18. The zero-order valence-corrected chi connectivity index (χ0v) is 9.92. The third-order valence-electron chi connectivity index (χ3n) is 1.61. The Labute approximate surface area is 96.0 Å². The van der Waals surface area contributed by atoms with Crippen LogP contribution < -0.4 is 5.73 Å². The van der Waals surface area contributed by atoms with Crippen molar-refractivity contribution in [1.29, 1.82) is 0 Å². The first-order valence-electron chi connectivity index (χ1n) is 4.20. The molecule has 16 heavy (non-hydrogen) atoms. The van der Waals surface area contributed by atoms with Crippen LogP contribution >= 0.6 is 11.3 Å². The van der Waals surface area contributed by atoms with Crippen LogP contribution in [-0.2, 0) is 19.6 Å². The Kier molecular flexibility index (Phi) is 3.83. The second-order valence-corrected chi connectivity index (χ2v) is 5.15. The molecule has 0 aromatic carbocycles. The summed E-state index contributed by atoms with van der Waals surface area (Å²) in [5, 5.41) is -0.445. The molecule has 1 aromatic rings. The second kappa shape index (κ2) is 4.76. The standard InChI is InChI=1S/C7H10N2O5S2/c1-2-14-6(10)5(16(11,12)13)4-3-15-7(8)9-4/h3,5H,2H2,1H3,(H2,8,9)(H,11,12,13). The van der Waals surface area contributed by atoms with Crippen molar-refractivity contribution in [2.45, 2.75) is 12.2 Å². The SMILES string of the molecule is CCOC(=O)C(c1csc(N)n1)S(=O)(=O)O. The summed E-state index contributed by atoms with van der Waals surface area (Å²) in [6, 6.07) is 0. The number of carbonyl (C=O) groups is 1. The molecule has 0 aliphatic rings. The van der Waals surface area contributed by atoms with E-state index in [0.717, 1.165) is 11.3 Å². The van der Waals surface area contributed by atoms with Crippen molar-refractivity contribution < 1.29 is 22.5 Å². The smallest absolute Gasteiger partial charge is 0.333 e. The Balaban J connectivity index is 3.12. The molecule has 1 aromatic heterocycles. The topological polar surface area (TPSA) is 120 Å². The molecule has 0 amide bonds. The number of carbonyl (C=O) groups excluding carboxylic acids is 1. The van der Waals surface area contributed by atoms with Crippen molar-refractivity contribution in [2.24, 2.45) is 0 Å².